The van der Waals surface area contributed by atoms with Crippen LogP contribution >= 0.6 is 11.3 Å². The van der Waals surface area contributed by atoms with Gasteiger partial charge in [-0.3, -0.25) is 14.5 Å². The van der Waals surface area contributed by atoms with E-state index in [1.807, 2.05) is 35.2 Å². The number of rotatable bonds is 5. The maximum Gasteiger partial charge on any atom is 0.316 e. The Balaban J connectivity index is 1.33. The molecule has 1 aliphatic rings. The van der Waals surface area contributed by atoms with Crippen LogP contribution in [0.5, 0.6) is 5.75 Å². The molecule has 1 saturated heterocycles. The lowest BCUT2D eigenvalue weighted by molar-refractivity contribution is -0.133. The second-order valence-electron chi connectivity index (χ2n) is 7.85. The molecule has 4 rings (SSSR count). The number of hydrogen-bond donors (Lipinski definition) is 0. The number of amides is 1. The average Bonchev–Trinajstić information content (AvgIpc) is 3.16. The summed E-state index contributed by atoms with van der Waals surface area (Å²) in [5.74, 6) is 0.189. The molecule has 0 N–H and O–H groups in total. The lowest BCUT2D eigenvalue weighted by Gasteiger charge is -2.37. The standard InChI is InChI=1S/C24H26N2O3S/c1-17(2)25-11-13-26(14-12-25)24(28)18-7-9-20(10-8-18)29-23(27)16-21-15-19-5-3-4-6-22(19)30-21/h3-10,15,17H,11-14,16H2,1-2H3. The van der Waals surface area contributed by atoms with E-state index in [0.29, 0.717) is 17.4 Å². The lowest BCUT2D eigenvalue weighted by atomic mass is 10.1. The second-order valence-corrected chi connectivity index (χ2v) is 9.02. The van der Waals surface area contributed by atoms with Crippen molar-refractivity contribution in [2.75, 3.05) is 26.2 Å². The number of nitrogens with zero attached hydrogens (tertiary/aromatic N) is 2. The molecule has 0 saturated carbocycles. The third kappa shape index (κ3) is 4.71. The van der Waals surface area contributed by atoms with Crippen molar-refractivity contribution in [3.8, 4) is 5.75 Å². The van der Waals surface area contributed by atoms with E-state index in [-0.39, 0.29) is 18.3 Å². The van der Waals surface area contributed by atoms with Crippen molar-refractivity contribution in [2.24, 2.45) is 0 Å². The fourth-order valence-electron chi connectivity index (χ4n) is 3.72. The Morgan fingerprint density at radius 3 is 2.37 bits per heavy atom. The molecule has 0 unspecified atom stereocenters. The smallest absolute Gasteiger partial charge is 0.316 e. The van der Waals surface area contributed by atoms with Crippen LogP contribution in [0, 0.1) is 0 Å². The molecule has 6 heteroatoms. The van der Waals surface area contributed by atoms with Gasteiger partial charge in [-0.1, -0.05) is 18.2 Å². The molecular weight excluding hydrogens is 396 g/mol. The molecule has 2 heterocycles. The van der Waals surface area contributed by atoms with Gasteiger partial charge in [-0.25, -0.2) is 0 Å². The molecule has 1 aliphatic heterocycles. The minimum atomic E-state index is -0.301. The van der Waals surface area contributed by atoms with Crippen LogP contribution < -0.4 is 4.74 Å². The molecule has 5 nitrogen and oxygen atoms in total. The average molecular weight is 423 g/mol. The highest BCUT2D eigenvalue weighted by molar-refractivity contribution is 7.19. The summed E-state index contributed by atoms with van der Waals surface area (Å²) in [6.45, 7) is 7.63. The fourth-order valence-corrected chi connectivity index (χ4v) is 4.77. The number of piperazine rings is 1. The van der Waals surface area contributed by atoms with Crippen LogP contribution in [0.4, 0.5) is 0 Å². The van der Waals surface area contributed by atoms with Gasteiger partial charge in [0.05, 0.1) is 6.42 Å². The van der Waals surface area contributed by atoms with E-state index in [1.165, 1.54) is 0 Å². The summed E-state index contributed by atoms with van der Waals surface area (Å²) in [5.41, 5.74) is 0.623. The molecule has 0 radical (unpaired) electrons. The molecule has 156 valence electrons. The van der Waals surface area contributed by atoms with Gasteiger partial charge in [-0.15, -0.1) is 11.3 Å². The van der Waals surface area contributed by atoms with E-state index in [0.717, 1.165) is 41.1 Å². The van der Waals surface area contributed by atoms with Crippen LogP contribution in [-0.4, -0.2) is 53.9 Å². The Bertz CT molecular complexity index is 1000. The van der Waals surface area contributed by atoms with E-state index in [1.54, 1.807) is 35.6 Å². The summed E-state index contributed by atoms with van der Waals surface area (Å²) in [6, 6.07) is 17.5. The quantitative estimate of drug-likeness (QED) is 0.456. The number of hydrogen-bond acceptors (Lipinski definition) is 5. The molecule has 1 fully saturated rings. The van der Waals surface area contributed by atoms with Crippen molar-refractivity contribution in [3.05, 3.63) is 65.0 Å². The molecule has 0 bridgehead atoms. The number of carbonyl (C=O) groups is 2. The first-order chi connectivity index (χ1) is 14.5. The van der Waals surface area contributed by atoms with Gasteiger partial charge in [0.1, 0.15) is 5.75 Å². The number of ether oxygens (including phenoxy) is 1. The van der Waals surface area contributed by atoms with E-state index in [4.69, 9.17) is 4.74 Å². The van der Waals surface area contributed by atoms with E-state index < -0.39 is 0 Å². The summed E-state index contributed by atoms with van der Waals surface area (Å²) in [4.78, 5) is 30.3. The normalized spacial score (nSPS) is 15.0. The first-order valence-corrected chi connectivity index (χ1v) is 11.1. The molecule has 1 amide bonds. The maximum atomic E-state index is 12.7. The van der Waals surface area contributed by atoms with Crippen LogP contribution in [-0.2, 0) is 11.2 Å². The van der Waals surface area contributed by atoms with Crippen LogP contribution in [0.25, 0.3) is 10.1 Å². The van der Waals surface area contributed by atoms with E-state index in [9.17, 15) is 9.59 Å². The fraction of sp³-hybridized carbons (Fsp3) is 0.333. The minimum absolute atomic E-state index is 0.0292. The maximum absolute atomic E-state index is 12.7. The zero-order valence-corrected chi connectivity index (χ0v) is 18.2. The van der Waals surface area contributed by atoms with Crippen molar-refractivity contribution >= 4 is 33.3 Å². The number of thiophene rings is 1. The lowest BCUT2D eigenvalue weighted by Crippen LogP contribution is -2.50. The minimum Gasteiger partial charge on any atom is -0.426 e. The number of carbonyl (C=O) groups excluding carboxylic acids is 2. The Kier molecular flexibility index (Phi) is 6.16. The van der Waals surface area contributed by atoms with Crippen LogP contribution in [0.3, 0.4) is 0 Å². The predicted octanol–water partition coefficient (Wildman–Crippen LogP) is 4.22. The number of benzene rings is 2. The molecule has 0 atom stereocenters. The summed E-state index contributed by atoms with van der Waals surface area (Å²) >= 11 is 1.61. The van der Waals surface area contributed by atoms with Crippen LogP contribution in [0.15, 0.2) is 54.6 Å². The Labute approximate surface area is 180 Å². The van der Waals surface area contributed by atoms with Gasteiger partial charge in [0.2, 0.25) is 0 Å². The van der Waals surface area contributed by atoms with E-state index in [2.05, 4.69) is 18.7 Å². The third-order valence-corrected chi connectivity index (χ3v) is 6.58. The molecular formula is C24H26N2O3S. The third-order valence-electron chi connectivity index (χ3n) is 5.46. The molecule has 3 aromatic rings. The van der Waals surface area contributed by atoms with Crippen molar-refractivity contribution in [2.45, 2.75) is 26.3 Å². The van der Waals surface area contributed by atoms with Gasteiger partial charge in [0.15, 0.2) is 0 Å². The number of fused-ring (bicyclic) bond motifs is 1. The molecule has 2 aromatic carbocycles. The van der Waals surface area contributed by atoms with Gasteiger partial charge in [0, 0.05) is 47.4 Å². The van der Waals surface area contributed by atoms with Gasteiger partial charge >= 0.3 is 5.97 Å². The molecule has 30 heavy (non-hydrogen) atoms. The summed E-state index contributed by atoms with van der Waals surface area (Å²) in [6.07, 6.45) is 0.236. The Morgan fingerprint density at radius 1 is 1.00 bits per heavy atom. The first-order valence-electron chi connectivity index (χ1n) is 10.3. The molecule has 0 spiro atoms. The van der Waals surface area contributed by atoms with Crippen molar-refractivity contribution in [1.29, 1.82) is 0 Å². The summed E-state index contributed by atoms with van der Waals surface area (Å²) in [7, 11) is 0. The summed E-state index contributed by atoms with van der Waals surface area (Å²) < 4.78 is 6.64. The SMILES string of the molecule is CC(C)N1CCN(C(=O)c2ccc(OC(=O)Cc3cc4ccccc4s3)cc2)CC1. The van der Waals surface area contributed by atoms with Gasteiger partial charge in [0.25, 0.3) is 5.91 Å². The predicted molar refractivity (Wildman–Crippen MR) is 120 cm³/mol. The number of esters is 1. The van der Waals surface area contributed by atoms with E-state index >= 15 is 0 Å². The van der Waals surface area contributed by atoms with Gasteiger partial charge < -0.3 is 9.64 Å². The Hall–Kier alpha value is -2.70. The second kappa shape index (κ2) is 8.98. The topological polar surface area (TPSA) is 49.9 Å². The van der Waals surface area contributed by atoms with Crippen molar-refractivity contribution < 1.29 is 14.3 Å². The highest BCUT2D eigenvalue weighted by atomic mass is 32.1. The molecule has 0 aliphatic carbocycles. The summed E-state index contributed by atoms with van der Waals surface area (Å²) in [5, 5.41) is 1.14. The highest BCUT2D eigenvalue weighted by Gasteiger charge is 2.23. The Morgan fingerprint density at radius 2 is 1.70 bits per heavy atom. The first kappa shape index (κ1) is 20.6. The molecule has 1 aromatic heterocycles. The monoisotopic (exact) mass is 422 g/mol. The van der Waals surface area contributed by atoms with Gasteiger partial charge in [-0.2, -0.15) is 0 Å². The van der Waals surface area contributed by atoms with Crippen LogP contribution in [0.1, 0.15) is 29.1 Å². The largest absolute Gasteiger partial charge is 0.426 e. The zero-order chi connectivity index (χ0) is 21.1. The highest BCUT2D eigenvalue weighted by Crippen LogP contribution is 2.26. The van der Waals surface area contributed by atoms with Gasteiger partial charge in [-0.05, 0) is 55.6 Å². The van der Waals surface area contributed by atoms with Crippen molar-refractivity contribution in [1.82, 2.24) is 9.80 Å². The zero-order valence-electron chi connectivity index (χ0n) is 17.3. The van der Waals surface area contributed by atoms with Crippen molar-refractivity contribution in [3.63, 3.8) is 0 Å². The van der Waals surface area contributed by atoms with Crippen LogP contribution in [0.2, 0.25) is 0 Å².